The van der Waals surface area contributed by atoms with Crippen LogP contribution in [0.5, 0.6) is 0 Å². The Morgan fingerprint density at radius 3 is 3.00 bits per heavy atom. The number of hydrogen-bond donors (Lipinski definition) is 2. The van der Waals surface area contributed by atoms with E-state index in [1.807, 2.05) is 12.5 Å². The molecule has 0 saturated carbocycles. The fraction of sp³-hybridized carbons (Fsp3) is 0.692. The van der Waals surface area contributed by atoms with E-state index in [2.05, 4.69) is 28.7 Å². The molecule has 1 aromatic heterocycles. The number of nitrogens with one attached hydrogen (secondary N) is 1. The van der Waals surface area contributed by atoms with Gasteiger partial charge in [-0.15, -0.1) is 0 Å². The van der Waals surface area contributed by atoms with E-state index >= 15 is 0 Å². The van der Waals surface area contributed by atoms with Gasteiger partial charge in [-0.3, -0.25) is 4.79 Å². The Labute approximate surface area is 108 Å². The van der Waals surface area contributed by atoms with Crippen molar-refractivity contribution in [2.24, 2.45) is 5.92 Å². The van der Waals surface area contributed by atoms with Gasteiger partial charge in [0, 0.05) is 25.7 Å². The van der Waals surface area contributed by atoms with Gasteiger partial charge in [-0.05, 0) is 32.2 Å². The van der Waals surface area contributed by atoms with Gasteiger partial charge < -0.3 is 15.0 Å². The average molecular weight is 253 g/mol. The number of aryl methyl sites for hydroxylation is 1. The molecule has 0 aliphatic carbocycles. The standard InChI is InChI=1S/C13H23N3O2/c1-3-16-10-15-9-12(16)8-14-7-6-11(2)4-5-13(17)18/h9-11,14H,3-8H2,1-2H3,(H,17,18). The van der Waals surface area contributed by atoms with Gasteiger partial charge in [-0.2, -0.15) is 0 Å². The van der Waals surface area contributed by atoms with Gasteiger partial charge in [0.25, 0.3) is 0 Å². The minimum Gasteiger partial charge on any atom is -0.481 e. The Morgan fingerprint density at radius 1 is 1.56 bits per heavy atom. The second kappa shape index (κ2) is 7.87. The van der Waals surface area contributed by atoms with E-state index in [1.165, 1.54) is 5.69 Å². The van der Waals surface area contributed by atoms with E-state index in [9.17, 15) is 4.79 Å². The summed E-state index contributed by atoms with van der Waals surface area (Å²) in [6, 6.07) is 0. The zero-order valence-corrected chi connectivity index (χ0v) is 11.2. The summed E-state index contributed by atoms with van der Waals surface area (Å²) in [5.41, 5.74) is 1.19. The molecule has 1 unspecified atom stereocenters. The number of nitrogens with zero attached hydrogens (tertiary/aromatic N) is 2. The summed E-state index contributed by atoms with van der Waals surface area (Å²) >= 11 is 0. The number of carboxylic acids is 1. The van der Waals surface area contributed by atoms with Gasteiger partial charge in [-0.25, -0.2) is 4.98 Å². The van der Waals surface area contributed by atoms with Crippen molar-refractivity contribution in [3.05, 3.63) is 18.2 Å². The van der Waals surface area contributed by atoms with Gasteiger partial charge in [0.05, 0.1) is 12.0 Å². The molecule has 0 saturated heterocycles. The van der Waals surface area contributed by atoms with Gasteiger partial charge in [0.15, 0.2) is 0 Å². The lowest BCUT2D eigenvalue weighted by atomic mass is 10.0. The topological polar surface area (TPSA) is 67.2 Å². The molecule has 0 radical (unpaired) electrons. The first-order valence-electron chi connectivity index (χ1n) is 6.55. The normalized spacial score (nSPS) is 12.6. The number of aromatic nitrogens is 2. The summed E-state index contributed by atoms with van der Waals surface area (Å²) in [6.45, 7) is 6.86. The summed E-state index contributed by atoms with van der Waals surface area (Å²) in [5.74, 6) is -0.258. The van der Waals surface area contributed by atoms with Crippen molar-refractivity contribution in [3.63, 3.8) is 0 Å². The fourth-order valence-electron chi connectivity index (χ4n) is 1.86. The van der Waals surface area contributed by atoms with E-state index in [4.69, 9.17) is 5.11 Å². The zero-order chi connectivity index (χ0) is 13.4. The lowest BCUT2D eigenvalue weighted by molar-refractivity contribution is -0.137. The molecular weight excluding hydrogens is 230 g/mol. The lowest BCUT2D eigenvalue weighted by Crippen LogP contribution is -2.19. The first kappa shape index (κ1) is 14.7. The largest absolute Gasteiger partial charge is 0.481 e. The third-order valence-electron chi connectivity index (χ3n) is 3.11. The van der Waals surface area contributed by atoms with Crippen LogP contribution in [0.3, 0.4) is 0 Å². The van der Waals surface area contributed by atoms with Crippen molar-refractivity contribution in [2.75, 3.05) is 6.54 Å². The molecule has 0 spiro atoms. The van der Waals surface area contributed by atoms with Crippen LogP contribution in [0.2, 0.25) is 0 Å². The predicted molar refractivity (Wildman–Crippen MR) is 70.3 cm³/mol. The summed E-state index contributed by atoms with van der Waals surface area (Å²) in [5, 5.41) is 12.0. The molecule has 0 amide bonds. The van der Waals surface area contributed by atoms with Gasteiger partial charge in [0.1, 0.15) is 0 Å². The van der Waals surface area contributed by atoms with Crippen molar-refractivity contribution >= 4 is 5.97 Å². The number of rotatable bonds is 9. The highest BCUT2D eigenvalue weighted by Crippen LogP contribution is 2.09. The Hall–Kier alpha value is -1.36. The first-order valence-corrected chi connectivity index (χ1v) is 6.55. The highest BCUT2D eigenvalue weighted by Gasteiger charge is 2.05. The van der Waals surface area contributed by atoms with Crippen molar-refractivity contribution in [1.82, 2.24) is 14.9 Å². The van der Waals surface area contributed by atoms with Crippen LogP contribution in [0.1, 0.15) is 38.8 Å². The molecule has 0 bridgehead atoms. The van der Waals surface area contributed by atoms with Crippen molar-refractivity contribution < 1.29 is 9.90 Å². The van der Waals surface area contributed by atoms with Crippen LogP contribution in [0.25, 0.3) is 0 Å². The van der Waals surface area contributed by atoms with E-state index < -0.39 is 5.97 Å². The number of carbonyl (C=O) groups is 1. The van der Waals surface area contributed by atoms with E-state index in [1.54, 1.807) is 0 Å². The monoisotopic (exact) mass is 253 g/mol. The zero-order valence-electron chi connectivity index (χ0n) is 11.2. The molecular formula is C13H23N3O2. The molecule has 2 N–H and O–H groups in total. The highest BCUT2D eigenvalue weighted by molar-refractivity contribution is 5.66. The highest BCUT2D eigenvalue weighted by atomic mass is 16.4. The predicted octanol–water partition coefficient (Wildman–Crippen LogP) is 1.88. The van der Waals surface area contributed by atoms with Crippen LogP contribution in [0, 0.1) is 5.92 Å². The molecule has 5 heteroatoms. The maximum atomic E-state index is 10.4. The molecule has 0 aliphatic heterocycles. The number of hydrogen-bond acceptors (Lipinski definition) is 3. The summed E-state index contributed by atoms with van der Waals surface area (Å²) in [7, 11) is 0. The van der Waals surface area contributed by atoms with Crippen LogP contribution < -0.4 is 5.32 Å². The number of imidazole rings is 1. The summed E-state index contributed by atoms with van der Waals surface area (Å²) in [6.07, 6.45) is 5.75. The summed E-state index contributed by atoms with van der Waals surface area (Å²) in [4.78, 5) is 14.5. The van der Waals surface area contributed by atoms with Crippen molar-refractivity contribution in [3.8, 4) is 0 Å². The van der Waals surface area contributed by atoms with Crippen molar-refractivity contribution in [1.29, 1.82) is 0 Å². The van der Waals surface area contributed by atoms with Gasteiger partial charge >= 0.3 is 5.97 Å². The fourth-order valence-corrected chi connectivity index (χ4v) is 1.86. The third-order valence-corrected chi connectivity index (χ3v) is 3.11. The number of aliphatic carboxylic acids is 1. The molecule has 1 atom stereocenters. The van der Waals surface area contributed by atoms with Gasteiger partial charge in [0.2, 0.25) is 0 Å². The van der Waals surface area contributed by atoms with E-state index in [0.717, 1.165) is 32.5 Å². The molecule has 1 heterocycles. The van der Waals surface area contributed by atoms with Crippen LogP contribution in [0.15, 0.2) is 12.5 Å². The van der Waals surface area contributed by atoms with Crippen LogP contribution >= 0.6 is 0 Å². The van der Waals surface area contributed by atoms with Crippen LogP contribution in [-0.4, -0.2) is 27.2 Å². The Bertz CT molecular complexity index is 363. The smallest absolute Gasteiger partial charge is 0.303 e. The molecule has 1 rings (SSSR count). The SMILES string of the molecule is CCn1cncc1CNCCC(C)CCC(=O)O. The van der Waals surface area contributed by atoms with E-state index in [0.29, 0.717) is 5.92 Å². The molecule has 102 valence electrons. The minimum absolute atomic E-state index is 0.268. The lowest BCUT2D eigenvalue weighted by Gasteiger charge is -2.11. The Balaban J connectivity index is 2.13. The second-order valence-corrected chi connectivity index (χ2v) is 4.67. The maximum absolute atomic E-state index is 10.4. The minimum atomic E-state index is -0.707. The maximum Gasteiger partial charge on any atom is 0.303 e. The molecule has 0 aliphatic rings. The molecule has 0 aromatic carbocycles. The van der Waals surface area contributed by atoms with Crippen molar-refractivity contribution in [2.45, 2.75) is 46.2 Å². The summed E-state index contributed by atoms with van der Waals surface area (Å²) < 4.78 is 2.11. The molecule has 1 aromatic rings. The first-order chi connectivity index (χ1) is 8.63. The Morgan fingerprint density at radius 2 is 2.33 bits per heavy atom. The van der Waals surface area contributed by atoms with Crippen LogP contribution in [-0.2, 0) is 17.9 Å². The van der Waals surface area contributed by atoms with E-state index in [-0.39, 0.29) is 6.42 Å². The second-order valence-electron chi connectivity index (χ2n) is 4.67. The average Bonchev–Trinajstić information content (AvgIpc) is 2.79. The molecule has 0 fully saturated rings. The molecule has 18 heavy (non-hydrogen) atoms. The van der Waals surface area contributed by atoms with Gasteiger partial charge in [-0.1, -0.05) is 6.92 Å². The third kappa shape index (κ3) is 5.31. The van der Waals surface area contributed by atoms with Crippen LogP contribution in [0.4, 0.5) is 0 Å². The molecule has 5 nitrogen and oxygen atoms in total. The quantitative estimate of drug-likeness (QED) is 0.659. The number of carboxylic acid groups (broad SMARTS) is 1. The Kier molecular flexibility index (Phi) is 6.43.